The van der Waals surface area contributed by atoms with E-state index in [-0.39, 0.29) is 5.75 Å². The lowest BCUT2D eigenvalue weighted by Crippen LogP contribution is -2.25. The molecular formula is C22H22N2O3. The molecule has 0 unspecified atom stereocenters. The molecule has 0 atom stereocenters. The summed E-state index contributed by atoms with van der Waals surface area (Å²) in [5, 5.41) is 10.5. The molecule has 1 N–H and O–H groups in total. The molecule has 0 bridgehead atoms. The van der Waals surface area contributed by atoms with Gasteiger partial charge < -0.3 is 14.6 Å². The van der Waals surface area contributed by atoms with E-state index in [1.165, 1.54) is 0 Å². The largest absolute Gasteiger partial charge is 0.504 e. The molecule has 0 amide bonds. The smallest absolute Gasteiger partial charge is 0.165 e. The number of benzene rings is 2. The first kappa shape index (κ1) is 17.4. The first-order valence-electron chi connectivity index (χ1n) is 8.99. The molecule has 0 saturated carbocycles. The second-order valence-corrected chi connectivity index (χ2v) is 6.57. The number of hydrogen-bond acceptors (Lipinski definition) is 5. The number of para-hydroxylation sites is 1. The number of ether oxygens (including phenoxy) is 2. The maximum absolute atomic E-state index is 10.5. The highest BCUT2D eigenvalue weighted by Crippen LogP contribution is 2.37. The van der Waals surface area contributed by atoms with Crippen LogP contribution in [-0.4, -0.2) is 35.3 Å². The molecule has 138 valence electrons. The summed E-state index contributed by atoms with van der Waals surface area (Å²) in [6.45, 7) is 2.73. The van der Waals surface area contributed by atoms with Crippen LogP contribution in [0.25, 0.3) is 11.3 Å². The van der Waals surface area contributed by atoms with Gasteiger partial charge in [-0.15, -0.1) is 0 Å². The van der Waals surface area contributed by atoms with Crippen molar-refractivity contribution in [1.82, 2.24) is 9.88 Å². The zero-order chi connectivity index (χ0) is 18.6. The van der Waals surface area contributed by atoms with Gasteiger partial charge in [-0.2, -0.15) is 0 Å². The second kappa shape index (κ2) is 7.68. The Morgan fingerprint density at radius 3 is 2.81 bits per heavy atom. The van der Waals surface area contributed by atoms with Gasteiger partial charge in [-0.1, -0.05) is 24.3 Å². The van der Waals surface area contributed by atoms with Crippen molar-refractivity contribution in [1.29, 1.82) is 0 Å². The minimum absolute atomic E-state index is 0.160. The molecule has 0 saturated heterocycles. The SMILES string of the molecule is COc1ccccc1CN1CCOc2c(O)cc(-c3ccccn3)cc2C1. The van der Waals surface area contributed by atoms with Gasteiger partial charge in [-0.3, -0.25) is 9.88 Å². The van der Waals surface area contributed by atoms with E-state index in [4.69, 9.17) is 9.47 Å². The number of fused-ring (bicyclic) bond motifs is 1. The van der Waals surface area contributed by atoms with Crippen LogP contribution >= 0.6 is 0 Å². The van der Waals surface area contributed by atoms with E-state index < -0.39 is 0 Å². The minimum atomic E-state index is 0.160. The van der Waals surface area contributed by atoms with E-state index in [9.17, 15) is 5.11 Å². The van der Waals surface area contributed by atoms with Crippen LogP contribution in [0.5, 0.6) is 17.2 Å². The predicted octanol–water partition coefficient (Wildman–Crippen LogP) is 3.86. The number of nitrogens with zero attached hydrogens (tertiary/aromatic N) is 2. The average Bonchev–Trinajstić information content (AvgIpc) is 2.91. The molecule has 0 spiro atoms. The van der Waals surface area contributed by atoms with Crippen LogP contribution in [0, 0.1) is 0 Å². The molecule has 1 aliphatic heterocycles. The van der Waals surface area contributed by atoms with E-state index in [1.54, 1.807) is 19.4 Å². The fourth-order valence-corrected chi connectivity index (χ4v) is 3.44. The molecule has 0 aliphatic carbocycles. The topological polar surface area (TPSA) is 54.8 Å². The highest BCUT2D eigenvalue weighted by atomic mass is 16.5. The van der Waals surface area contributed by atoms with Crippen molar-refractivity contribution < 1.29 is 14.6 Å². The summed E-state index contributed by atoms with van der Waals surface area (Å²) >= 11 is 0. The molecule has 1 aromatic heterocycles. The molecule has 1 aliphatic rings. The monoisotopic (exact) mass is 362 g/mol. The summed E-state index contributed by atoms with van der Waals surface area (Å²) in [5.41, 5.74) is 3.81. The number of hydrogen-bond donors (Lipinski definition) is 1. The van der Waals surface area contributed by atoms with Crippen molar-refractivity contribution in [3.8, 4) is 28.5 Å². The van der Waals surface area contributed by atoms with Crippen LogP contribution in [0.2, 0.25) is 0 Å². The van der Waals surface area contributed by atoms with Gasteiger partial charge in [-0.05, 0) is 30.3 Å². The molecule has 27 heavy (non-hydrogen) atoms. The van der Waals surface area contributed by atoms with Crippen molar-refractivity contribution in [2.24, 2.45) is 0 Å². The Morgan fingerprint density at radius 2 is 2.00 bits per heavy atom. The molecule has 3 aromatic rings. The quantitative estimate of drug-likeness (QED) is 0.764. The lowest BCUT2D eigenvalue weighted by Gasteiger charge is -2.21. The summed E-state index contributed by atoms with van der Waals surface area (Å²) in [7, 11) is 1.69. The van der Waals surface area contributed by atoms with Gasteiger partial charge in [0.25, 0.3) is 0 Å². The third-order valence-corrected chi connectivity index (χ3v) is 4.74. The number of rotatable bonds is 4. The Bertz CT molecular complexity index is 928. The van der Waals surface area contributed by atoms with E-state index >= 15 is 0 Å². The van der Waals surface area contributed by atoms with Gasteiger partial charge >= 0.3 is 0 Å². The molecule has 5 nitrogen and oxygen atoms in total. The second-order valence-electron chi connectivity index (χ2n) is 6.57. The van der Waals surface area contributed by atoms with Gasteiger partial charge in [0.05, 0.1) is 12.8 Å². The standard InChI is InChI=1S/C22H22N2O3/c1-26-21-8-3-2-6-16(21)14-24-10-11-27-22-18(15-24)12-17(13-20(22)25)19-7-4-5-9-23-19/h2-9,12-13,25H,10-11,14-15H2,1H3. The fraction of sp³-hybridized carbons (Fsp3) is 0.227. The maximum Gasteiger partial charge on any atom is 0.165 e. The number of phenols is 1. The fourth-order valence-electron chi connectivity index (χ4n) is 3.44. The van der Waals surface area contributed by atoms with Gasteiger partial charge in [0.2, 0.25) is 0 Å². The Labute approximate surface area is 158 Å². The van der Waals surface area contributed by atoms with Crippen LogP contribution in [0.15, 0.2) is 60.8 Å². The molecule has 2 heterocycles. The number of pyridine rings is 1. The first-order chi connectivity index (χ1) is 13.2. The highest BCUT2D eigenvalue weighted by molar-refractivity contribution is 5.66. The summed E-state index contributed by atoms with van der Waals surface area (Å²) in [6, 6.07) is 17.6. The molecule has 5 heteroatoms. The van der Waals surface area contributed by atoms with Crippen LogP contribution in [0.4, 0.5) is 0 Å². The van der Waals surface area contributed by atoms with Crippen molar-refractivity contribution in [3.05, 3.63) is 71.9 Å². The van der Waals surface area contributed by atoms with Crippen LogP contribution < -0.4 is 9.47 Å². The first-order valence-corrected chi connectivity index (χ1v) is 8.99. The van der Waals surface area contributed by atoms with E-state index in [2.05, 4.69) is 22.0 Å². The minimum Gasteiger partial charge on any atom is -0.504 e. The summed E-state index contributed by atoms with van der Waals surface area (Å²) in [6.07, 6.45) is 1.75. The zero-order valence-electron chi connectivity index (χ0n) is 15.3. The van der Waals surface area contributed by atoms with Gasteiger partial charge in [0, 0.05) is 42.5 Å². The van der Waals surface area contributed by atoms with Gasteiger partial charge in [0.1, 0.15) is 12.4 Å². The maximum atomic E-state index is 10.5. The number of aromatic hydroxyl groups is 1. The number of phenolic OH excluding ortho intramolecular Hbond substituents is 1. The third-order valence-electron chi connectivity index (χ3n) is 4.74. The van der Waals surface area contributed by atoms with Crippen LogP contribution in [-0.2, 0) is 13.1 Å². The highest BCUT2D eigenvalue weighted by Gasteiger charge is 2.21. The third kappa shape index (κ3) is 3.73. The Balaban J connectivity index is 1.64. The average molecular weight is 362 g/mol. The molecule has 4 rings (SSSR count). The predicted molar refractivity (Wildman–Crippen MR) is 104 cm³/mol. The zero-order valence-corrected chi connectivity index (χ0v) is 15.3. The Hall–Kier alpha value is -3.05. The van der Waals surface area contributed by atoms with Crippen molar-refractivity contribution in [2.75, 3.05) is 20.3 Å². The molecule has 0 fully saturated rings. The van der Waals surface area contributed by atoms with Crippen LogP contribution in [0.3, 0.4) is 0 Å². The summed E-state index contributed by atoms with van der Waals surface area (Å²) in [5.74, 6) is 1.61. The van der Waals surface area contributed by atoms with Gasteiger partial charge in [0.15, 0.2) is 11.5 Å². The normalized spacial score (nSPS) is 14.1. The molecular weight excluding hydrogens is 340 g/mol. The number of aromatic nitrogens is 1. The van der Waals surface area contributed by atoms with E-state index in [1.807, 2.05) is 36.4 Å². The molecule has 0 radical (unpaired) electrons. The van der Waals surface area contributed by atoms with E-state index in [0.29, 0.717) is 18.9 Å². The van der Waals surface area contributed by atoms with E-state index in [0.717, 1.165) is 41.2 Å². The number of methoxy groups -OCH3 is 1. The van der Waals surface area contributed by atoms with Crippen molar-refractivity contribution in [3.63, 3.8) is 0 Å². The van der Waals surface area contributed by atoms with Crippen molar-refractivity contribution >= 4 is 0 Å². The summed E-state index contributed by atoms with van der Waals surface area (Å²) < 4.78 is 11.3. The van der Waals surface area contributed by atoms with Crippen molar-refractivity contribution in [2.45, 2.75) is 13.1 Å². The van der Waals surface area contributed by atoms with Gasteiger partial charge in [-0.25, -0.2) is 0 Å². The molecule has 2 aromatic carbocycles. The van der Waals surface area contributed by atoms with Crippen LogP contribution in [0.1, 0.15) is 11.1 Å². The lowest BCUT2D eigenvalue weighted by molar-refractivity contribution is 0.215. The summed E-state index contributed by atoms with van der Waals surface area (Å²) in [4.78, 5) is 6.69. The lowest BCUT2D eigenvalue weighted by atomic mass is 10.0. The Kier molecular flexibility index (Phi) is 4.94. The Morgan fingerprint density at radius 1 is 1.15 bits per heavy atom.